The maximum absolute atomic E-state index is 13.3. The van der Waals surface area contributed by atoms with Crippen LogP contribution < -0.4 is 15.6 Å². The fourth-order valence-corrected chi connectivity index (χ4v) is 4.11. The number of para-hydroxylation sites is 3. The number of carbonyl (C=O) groups is 1. The molecular formula is C24H18F3N3O3S. The molecule has 34 heavy (non-hydrogen) atoms. The van der Waals surface area contributed by atoms with E-state index in [0.29, 0.717) is 22.3 Å². The van der Waals surface area contributed by atoms with E-state index in [1.165, 1.54) is 23.8 Å². The van der Waals surface area contributed by atoms with E-state index in [-0.39, 0.29) is 22.2 Å². The Kier molecular flexibility index (Phi) is 6.60. The molecule has 4 rings (SSSR count). The van der Waals surface area contributed by atoms with Crippen LogP contribution in [0.5, 0.6) is 5.75 Å². The van der Waals surface area contributed by atoms with Crippen molar-refractivity contribution in [2.24, 2.45) is 0 Å². The summed E-state index contributed by atoms with van der Waals surface area (Å²) in [4.78, 5) is 30.4. The van der Waals surface area contributed by atoms with Gasteiger partial charge in [0.15, 0.2) is 5.16 Å². The van der Waals surface area contributed by atoms with Crippen molar-refractivity contribution >= 4 is 34.3 Å². The highest BCUT2D eigenvalue weighted by atomic mass is 32.2. The summed E-state index contributed by atoms with van der Waals surface area (Å²) in [5, 5.41) is 3.24. The number of methoxy groups -OCH3 is 1. The van der Waals surface area contributed by atoms with Gasteiger partial charge in [-0.05, 0) is 48.5 Å². The third kappa shape index (κ3) is 4.91. The first kappa shape index (κ1) is 23.4. The lowest BCUT2D eigenvalue weighted by Gasteiger charge is -2.15. The number of anilines is 1. The van der Waals surface area contributed by atoms with E-state index in [1.807, 2.05) is 0 Å². The van der Waals surface area contributed by atoms with Crippen LogP contribution in [0.15, 0.2) is 82.7 Å². The van der Waals surface area contributed by atoms with Crippen LogP contribution >= 0.6 is 11.8 Å². The van der Waals surface area contributed by atoms with E-state index in [9.17, 15) is 22.8 Å². The summed E-state index contributed by atoms with van der Waals surface area (Å²) in [5.41, 5.74) is 0.0530. The quantitative estimate of drug-likeness (QED) is 0.302. The van der Waals surface area contributed by atoms with Crippen LogP contribution in [-0.4, -0.2) is 28.3 Å². The van der Waals surface area contributed by atoms with Crippen LogP contribution in [0, 0.1) is 0 Å². The molecule has 0 saturated heterocycles. The Hall–Kier alpha value is -3.79. The molecule has 6 nitrogen and oxygen atoms in total. The predicted molar refractivity (Wildman–Crippen MR) is 125 cm³/mol. The summed E-state index contributed by atoms with van der Waals surface area (Å²) < 4.78 is 45.0. The number of aromatic nitrogens is 2. The molecule has 1 amide bonds. The van der Waals surface area contributed by atoms with Gasteiger partial charge in [-0.15, -0.1) is 0 Å². The Bertz CT molecular complexity index is 1400. The monoisotopic (exact) mass is 485 g/mol. The summed E-state index contributed by atoms with van der Waals surface area (Å²) in [5.74, 6) is -0.127. The second-order valence-corrected chi connectivity index (χ2v) is 8.08. The molecule has 0 saturated carbocycles. The first-order chi connectivity index (χ1) is 16.3. The van der Waals surface area contributed by atoms with Crippen molar-refractivity contribution in [3.63, 3.8) is 0 Å². The number of amides is 1. The third-order valence-corrected chi connectivity index (χ3v) is 5.84. The molecule has 1 aromatic heterocycles. The van der Waals surface area contributed by atoms with Crippen molar-refractivity contribution in [2.75, 3.05) is 18.2 Å². The summed E-state index contributed by atoms with van der Waals surface area (Å²) >= 11 is 1.03. The Labute approximate surface area is 196 Å². The summed E-state index contributed by atoms with van der Waals surface area (Å²) in [6.07, 6.45) is -4.46. The molecule has 1 N–H and O–H groups in total. The smallest absolute Gasteiger partial charge is 0.416 e. The number of benzene rings is 3. The van der Waals surface area contributed by atoms with Crippen LogP contribution in [0.2, 0.25) is 0 Å². The molecule has 0 spiro atoms. The number of halogens is 3. The van der Waals surface area contributed by atoms with Gasteiger partial charge in [-0.25, -0.2) is 4.98 Å². The molecule has 0 fully saturated rings. The van der Waals surface area contributed by atoms with E-state index in [2.05, 4.69) is 10.3 Å². The van der Waals surface area contributed by atoms with Crippen molar-refractivity contribution < 1.29 is 22.7 Å². The largest absolute Gasteiger partial charge is 0.495 e. The van der Waals surface area contributed by atoms with Crippen LogP contribution in [-0.2, 0) is 11.0 Å². The second-order valence-electron chi connectivity index (χ2n) is 7.14. The number of thioether (sulfide) groups is 1. The van der Waals surface area contributed by atoms with Gasteiger partial charge in [0.2, 0.25) is 5.91 Å². The van der Waals surface area contributed by atoms with Gasteiger partial charge in [0.1, 0.15) is 5.75 Å². The lowest BCUT2D eigenvalue weighted by atomic mass is 10.2. The topological polar surface area (TPSA) is 73.2 Å². The van der Waals surface area contributed by atoms with Crippen LogP contribution in [0.3, 0.4) is 0 Å². The summed E-state index contributed by atoms with van der Waals surface area (Å²) in [6, 6.07) is 18.0. The van der Waals surface area contributed by atoms with E-state index >= 15 is 0 Å². The first-order valence-electron chi connectivity index (χ1n) is 10.0. The fourth-order valence-electron chi connectivity index (χ4n) is 3.31. The minimum Gasteiger partial charge on any atom is -0.495 e. The summed E-state index contributed by atoms with van der Waals surface area (Å²) in [6.45, 7) is 0. The maximum atomic E-state index is 13.3. The molecule has 0 aliphatic heterocycles. The SMILES string of the molecule is COc1ccccc1-n1c(SCC(=O)Nc2ccc(C(F)(F)F)cc2)nc2ccccc2c1=O. The zero-order chi connectivity index (χ0) is 24.3. The Morgan fingerprint density at radius 1 is 1.03 bits per heavy atom. The molecule has 0 unspecified atom stereocenters. The number of nitrogens with one attached hydrogen (secondary N) is 1. The van der Waals surface area contributed by atoms with Crippen molar-refractivity contribution in [3.05, 3.63) is 88.7 Å². The molecule has 3 aromatic carbocycles. The van der Waals surface area contributed by atoms with Gasteiger partial charge in [-0.1, -0.05) is 36.0 Å². The Morgan fingerprint density at radius 3 is 2.41 bits per heavy atom. The maximum Gasteiger partial charge on any atom is 0.416 e. The highest BCUT2D eigenvalue weighted by Crippen LogP contribution is 2.30. The van der Waals surface area contributed by atoms with Crippen molar-refractivity contribution in [1.82, 2.24) is 9.55 Å². The first-order valence-corrected chi connectivity index (χ1v) is 11.0. The zero-order valence-corrected chi connectivity index (χ0v) is 18.6. The number of ether oxygens (including phenoxy) is 1. The average molecular weight is 485 g/mol. The standard InChI is InChI=1S/C24H18F3N3O3S/c1-33-20-9-5-4-8-19(20)30-22(32)17-6-2-3-7-18(17)29-23(30)34-14-21(31)28-16-12-10-15(11-13-16)24(25,26)27/h2-13H,14H2,1H3,(H,28,31). The van der Waals surface area contributed by atoms with Gasteiger partial charge >= 0.3 is 6.18 Å². The molecule has 0 bridgehead atoms. The van der Waals surface area contributed by atoms with Crippen molar-refractivity contribution in [2.45, 2.75) is 11.3 Å². The van der Waals surface area contributed by atoms with Gasteiger partial charge in [-0.2, -0.15) is 13.2 Å². The number of hydrogen-bond acceptors (Lipinski definition) is 5. The predicted octanol–water partition coefficient (Wildman–Crippen LogP) is 5.14. The molecule has 0 aliphatic carbocycles. The van der Waals surface area contributed by atoms with Crippen LogP contribution in [0.4, 0.5) is 18.9 Å². The highest BCUT2D eigenvalue weighted by molar-refractivity contribution is 7.99. The Balaban J connectivity index is 1.62. The van der Waals surface area contributed by atoms with Crippen LogP contribution in [0.1, 0.15) is 5.56 Å². The lowest BCUT2D eigenvalue weighted by Crippen LogP contribution is -2.23. The molecular weight excluding hydrogens is 467 g/mol. The second kappa shape index (κ2) is 9.60. The molecule has 0 radical (unpaired) electrons. The Morgan fingerprint density at radius 2 is 1.71 bits per heavy atom. The molecule has 4 aromatic rings. The number of hydrogen-bond donors (Lipinski definition) is 1. The fraction of sp³-hybridized carbons (Fsp3) is 0.125. The van der Waals surface area contributed by atoms with Gasteiger partial charge in [0.05, 0.1) is 35.0 Å². The summed E-state index contributed by atoms with van der Waals surface area (Å²) in [7, 11) is 1.49. The molecule has 0 aliphatic rings. The number of carbonyl (C=O) groups excluding carboxylic acids is 1. The van der Waals surface area contributed by atoms with Gasteiger partial charge in [0, 0.05) is 5.69 Å². The molecule has 1 heterocycles. The molecule has 10 heteroatoms. The number of fused-ring (bicyclic) bond motifs is 1. The minimum absolute atomic E-state index is 0.124. The number of alkyl halides is 3. The highest BCUT2D eigenvalue weighted by Gasteiger charge is 2.30. The van der Waals surface area contributed by atoms with Crippen molar-refractivity contribution in [1.29, 1.82) is 0 Å². The van der Waals surface area contributed by atoms with Gasteiger partial charge in [0.25, 0.3) is 5.56 Å². The van der Waals surface area contributed by atoms with Crippen molar-refractivity contribution in [3.8, 4) is 11.4 Å². The third-order valence-electron chi connectivity index (χ3n) is 4.90. The van der Waals surface area contributed by atoms with Gasteiger partial charge < -0.3 is 10.1 Å². The van der Waals surface area contributed by atoms with E-state index in [0.717, 1.165) is 23.9 Å². The molecule has 0 atom stereocenters. The normalized spacial score (nSPS) is 11.4. The average Bonchev–Trinajstić information content (AvgIpc) is 2.83. The van der Waals surface area contributed by atoms with Gasteiger partial charge in [-0.3, -0.25) is 14.2 Å². The van der Waals surface area contributed by atoms with Crippen LogP contribution in [0.25, 0.3) is 16.6 Å². The van der Waals surface area contributed by atoms with E-state index in [1.54, 1.807) is 48.5 Å². The van der Waals surface area contributed by atoms with E-state index < -0.39 is 17.6 Å². The lowest BCUT2D eigenvalue weighted by molar-refractivity contribution is -0.137. The number of rotatable bonds is 6. The zero-order valence-electron chi connectivity index (χ0n) is 17.8. The number of nitrogens with zero attached hydrogens (tertiary/aromatic N) is 2. The minimum atomic E-state index is -4.46. The van der Waals surface area contributed by atoms with E-state index in [4.69, 9.17) is 4.74 Å². The molecule has 174 valence electrons.